The zero-order chi connectivity index (χ0) is 22.5. The molecule has 7 heteroatoms. The summed E-state index contributed by atoms with van der Waals surface area (Å²) in [6, 6.07) is 14.8. The first-order chi connectivity index (χ1) is 15.6. The maximum Gasteiger partial charge on any atom is 0.219 e. The van der Waals surface area contributed by atoms with Crippen molar-refractivity contribution < 1.29 is 23.4 Å². The van der Waals surface area contributed by atoms with Crippen LogP contribution < -0.4 is 14.2 Å². The van der Waals surface area contributed by atoms with Gasteiger partial charge >= 0.3 is 0 Å². The molecule has 2 aromatic heterocycles. The smallest absolute Gasteiger partial charge is 0.219 e. The van der Waals surface area contributed by atoms with Crippen molar-refractivity contribution >= 4 is 16.7 Å². The van der Waals surface area contributed by atoms with Crippen LogP contribution in [-0.2, 0) is 17.6 Å². The third-order valence-electron chi connectivity index (χ3n) is 4.93. The van der Waals surface area contributed by atoms with E-state index in [-0.39, 0.29) is 24.4 Å². The Balaban J connectivity index is 1.47. The topological polar surface area (TPSA) is 70.5 Å². The Kier molecular flexibility index (Phi) is 6.26. The van der Waals surface area contributed by atoms with Gasteiger partial charge in [-0.3, -0.25) is 9.78 Å². The highest BCUT2D eigenvalue weighted by Crippen LogP contribution is 2.36. The first kappa shape index (κ1) is 21.2. The van der Waals surface area contributed by atoms with Gasteiger partial charge in [0, 0.05) is 42.8 Å². The van der Waals surface area contributed by atoms with Gasteiger partial charge in [0.25, 0.3) is 0 Å². The quantitative estimate of drug-likeness (QED) is 0.393. The third kappa shape index (κ3) is 4.83. The van der Waals surface area contributed by atoms with E-state index in [4.69, 9.17) is 14.2 Å². The van der Waals surface area contributed by atoms with Crippen LogP contribution in [0.3, 0.4) is 0 Å². The van der Waals surface area contributed by atoms with Crippen LogP contribution in [0.4, 0.5) is 4.39 Å². The molecule has 0 fully saturated rings. The van der Waals surface area contributed by atoms with Crippen LogP contribution >= 0.6 is 0 Å². The van der Waals surface area contributed by atoms with Crippen LogP contribution in [0.25, 0.3) is 10.9 Å². The van der Waals surface area contributed by atoms with Gasteiger partial charge in [-0.05, 0) is 35.4 Å². The molecule has 0 amide bonds. The number of carbonyl (C=O) groups is 1. The first-order valence-corrected chi connectivity index (χ1v) is 9.95. The van der Waals surface area contributed by atoms with Gasteiger partial charge in [-0.25, -0.2) is 9.37 Å². The second-order valence-electron chi connectivity index (χ2n) is 7.16. The second-order valence-corrected chi connectivity index (χ2v) is 7.16. The summed E-state index contributed by atoms with van der Waals surface area (Å²) in [5, 5.41) is 0.755. The lowest BCUT2D eigenvalue weighted by molar-refractivity contribution is -0.117. The number of aromatic nitrogens is 2. The number of fused-ring (bicyclic) bond motifs is 1. The van der Waals surface area contributed by atoms with Crippen molar-refractivity contribution in [2.24, 2.45) is 0 Å². The molecule has 0 aliphatic carbocycles. The lowest BCUT2D eigenvalue weighted by Gasteiger charge is -2.12. The number of ether oxygens (including phenoxy) is 3. The van der Waals surface area contributed by atoms with Crippen molar-refractivity contribution in [2.75, 3.05) is 14.2 Å². The standard InChI is InChI=1S/C25H21FN2O4/c1-30-23-13-20-21(14-24(23)31-2)27-10-9-22(20)32-25-8-5-17(15-28-25)12-19(29)11-16-3-6-18(26)7-4-16/h3-10,13-15H,11-12H2,1-2H3. The van der Waals surface area contributed by atoms with E-state index < -0.39 is 0 Å². The van der Waals surface area contributed by atoms with Gasteiger partial charge in [-0.15, -0.1) is 0 Å². The Morgan fingerprint density at radius 3 is 2.22 bits per heavy atom. The summed E-state index contributed by atoms with van der Waals surface area (Å²) in [5.74, 6) is 1.82. The van der Waals surface area contributed by atoms with E-state index in [0.29, 0.717) is 28.6 Å². The minimum atomic E-state index is -0.319. The minimum Gasteiger partial charge on any atom is -0.493 e. The molecule has 0 unspecified atom stereocenters. The van der Waals surface area contributed by atoms with Gasteiger partial charge in [0.05, 0.1) is 19.7 Å². The summed E-state index contributed by atoms with van der Waals surface area (Å²) >= 11 is 0. The number of methoxy groups -OCH3 is 2. The molecule has 2 aromatic carbocycles. The number of rotatable bonds is 8. The molecule has 0 N–H and O–H groups in total. The number of Topliss-reactive ketones (excluding diaryl/α,β-unsaturated/α-hetero) is 1. The zero-order valence-corrected chi connectivity index (χ0v) is 17.7. The molecule has 32 heavy (non-hydrogen) atoms. The summed E-state index contributed by atoms with van der Waals surface area (Å²) in [6.45, 7) is 0. The molecular formula is C25H21FN2O4. The molecule has 6 nitrogen and oxygen atoms in total. The fourth-order valence-corrected chi connectivity index (χ4v) is 3.35. The van der Waals surface area contributed by atoms with E-state index >= 15 is 0 Å². The number of carbonyl (C=O) groups excluding carboxylic acids is 1. The molecule has 0 bridgehead atoms. The Hall–Kier alpha value is -4.00. The predicted octanol–water partition coefficient (Wildman–Crippen LogP) is 4.93. The normalized spacial score (nSPS) is 10.7. The Labute approximate surface area is 184 Å². The molecule has 0 atom stereocenters. The monoisotopic (exact) mass is 432 g/mol. The highest BCUT2D eigenvalue weighted by molar-refractivity contribution is 5.88. The molecule has 0 radical (unpaired) electrons. The lowest BCUT2D eigenvalue weighted by Crippen LogP contribution is -2.07. The summed E-state index contributed by atoms with van der Waals surface area (Å²) in [5.41, 5.74) is 2.25. The van der Waals surface area contributed by atoms with Gasteiger partial charge in [0.15, 0.2) is 11.5 Å². The molecule has 0 aliphatic rings. The average Bonchev–Trinajstić information content (AvgIpc) is 2.81. The van der Waals surface area contributed by atoms with E-state index in [9.17, 15) is 9.18 Å². The zero-order valence-electron chi connectivity index (χ0n) is 17.7. The molecule has 4 aromatic rings. The van der Waals surface area contributed by atoms with Crippen molar-refractivity contribution in [2.45, 2.75) is 12.8 Å². The summed E-state index contributed by atoms with van der Waals surface area (Å²) in [4.78, 5) is 21.0. The molecular weight excluding hydrogens is 411 g/mol. The van der Waals surface area contributed by atoms with E-state index in [1.54, 1.807) is 69.1 Å². The molecule has 0 saturated carbocycles. The fourth-order valence-electron chi connectivity index (χ4n) is 3.35. The van der Waals surface area contributed by atoms with Crippen LogP contribution in [-0.4, -0.2) is 30.0 Å². The second kappa shape index (κ2) is 9.43. The molecule has 4 rings (SSSR count). The highest BCUT2D eigenvalue weighted by Gasteiger charge is 2.12. The van der Waals surface area contributed by atoms with Gasteiger partial charge in [-0.2, -0.15) is 0 Å². The van der Waals surface area contributed by atoms with Crippen LogP contribution in [0, 0.1) is 5.82 Å². The van der Waals surface area contributed by atoms with Crippen molar-refractivity contribution in [3.63, 3.8) is 0 Å². The van der Waals surface area contributed by atoms with E-state index in [1.165, 1.54) is 12.1 Å². The van der Waals surface area contributed by atoms with Crippen LogP contribution in [0.5, 0.6) is 23.1 Å². The Bertz CT molecular complexity index is 1240. The van der Waals surface area contributed by atoms with Crippen molar-refractivity contribution in [1.29, 1.82) is 0 Å². The molecule has 0 aliphatic heterocycles. The van der Waals surface area contributed by atoms with Crippen molar-refractivity contribution in [3.05, 3.63) is 83.9 Å². The molecule has 0 spiro atoms. The number of halogens is 1. The van der Waals surface area contributed by atoms with Gasteiger partial charge in [0.1, 0.15) is 17.3 Å². The van der Waals surface area contributed by atoms with Crippen LogP contribution in [0.2, 0.25) is 0 Å². The van der Waals surface area contributed by atoms with Crippen molar-refractivity contribution in [1.82, 2.24) is 9.97 Å². The Morgan fingerprint density at radius 1 is 0.844 bits per heavy atom. The van der Waals surface area contributed by atoms with E-state index in [2.05, 4.69) is 9.97 Å². The largest absolute Gasteiger partial charge is 0.493 e. The highest BCUT2D eigenvalue weighted by atomic mass is 19.1. The molecule has 0 saturated heterocycles. The first-order valence-electron chi connectivity index (χ1n) is 9.95. The lowest BCUT2D eigenvalue weighted by atomic mass is 10.0. The van der Waals surface area contributed by atoms with E-state index in [1.807, 2.05) is 0 Å². The maximum absolute atomic E-state index is 13.0. The van der Waals surface area contributed by atoms with Gasteiger partial charge < -0.3 is 14.2 Å². The van der Waals surface area contributed by atoms with Gasteiger partial charge in [-0.1, -0.05) is 18.2 Å². The minimum absolute atomic E-state index is 0.0215. The number of hydrogen-bond donors (Lipinski definition) is 0. The average molecular weight is 432 g/mol. The maximum atomic E-state index is 13.0. The number of ketones is 1. The SMILES string of the molecule is COc1cc2nccc(Oc3ccc(CC(=O)Cc4ccc(F)cc4)cn3)c2cc1OC. The number of benzene rings is 2. The Morgan fingerprint density at radius 2 is 1.53 bits per heavy atom. The van der Waals surface area contributed by atoms with Gasteiger partial charge in [0.2, 0.25) is 5.88 Å². The summed E-state index contributed by atoms with van der Waals surface area (Å²) in [7, 11) is 3.14. The summed E-state index contributed by atoms with van der Waals surface area (Å²) in [6.07, 6.45) is 3.74. The van der Waals surface area contributed by atoms with Crippen LogP contribution in [0.15, 0.2) is 67.0 Å². The predicted molar refractivity (Wildman–Crippen MR) is 118 cm³/mol. The number of pyridine rings is 2. The van der Waals surface area contributed by atoms with E-state index in [0.717, 1.165) is 16.5 Å². The third-order valence-corrected chi connectivity index (χ3v) is 4.93. The summed E-state index contributed by atoms with van der Waals surface area (Å²) < 4.78 is 29.7. The molecule has 2 heterocycles. The van der Waals surface area contributed by atoms with Crippen LogP contribution in [0.1, 0.15) is 11.1 Å². The molecule has 162 valence electrons. The van der Waals surface area contributed by atoms with Crippen molar-refractivity contribution in [3.8, 4) is 23.1 Å². The fraction of sp³-hybridized carbons (Fsp3) is 0.160. The number of hydrogen-bond acceptors (Lipinski definition) is 6. The number of nitrogens with zero attached hydrogens (tertiary/aromatic N) is 2.